The van der Waals surface area contributed by atoms with Crippen LogP contribution in [0.1, 0.15) is 29.4 Å². The van der Waals surface area contributed by atoms with Gasteiger partial charge in [0.15, 0.2) is 0 Å². The minimum Gasteiger partial charge on any atom is -0.466 e. The van der Waals surface area contributed by atoms with Crippen molar-refractivity contribution in [1.82, 2.24) is 9.80 Å². The summed E-state index contributed by atoms with van der Waals surface area (Å²) in [5.74, 6) is -1.02. The van der Waals surface area contributed by atoms with E-state index in [0.29, 0.717) is 29.6 Å². The highest BCUT2D eigenvalue weighted by molar-refractivity contribution is 7.21. The summed E-state index contributed by atoms with van der Waals surface area (Å²) >= 11 is 7.70. The van der Waals surface area contributed by atoms with Crippen LogP contribution in [0.15, 0.2) is 24.3 Å². The van der Waals surface area contributed by atoms with Gasteiger partial charge in [-0.05, 0) is 25.8 Å². The fraction of sp³-hybridized carbons (Fsp3) is 0.450. The van der Waals surface area contributed by atoms with E-state index in [9.17, 15) is 14.4 Å². The number of hydrogen-bond donors (Lipinski definition) is 0. The number of ether oxygens (including phenoxy) is 1. The predicted molar refractivity (Wildman–Crippen MR) is 110 cm³/mol. The molecule has 0 N–H and O–H groups in total. The quantitative estimate of drug-likeness (QED) is 0.692. The van der Waals surface area contributed by atoms with Gasteiger partial charge in [-0.3, -0.25) is 14.4 Å². The maximum absolute atomic E-state index is 12.8. The summed E-state index contributed by atoms with van der Waals surface area (Å²) in [6.45, 7) is 2.96. The van der Waals surface area contributed by atoms with E-state index in [2.05, 4.69) is 0 Å². The predicted octanol–water partition coefficient (Wildman–Crippen LogP) is 3.43. The lowest BCUT2D eigenvalue weighted by Crippen LogP contribution is -2.47. The Hall–Kier alpha value is -2.12. The zero-order chi connectivity index (χ0) is 20.3. The number of esters is 1. The molecule has 3 rings (SSSR count). The highest BCUT2D eigenvalue weighted by Crippen LogP contribution is 2.35. The summed E-state index contributed by atoms with van der Waals surface area (Å²) in [5, 5.41) is 1.26. The van der Waals surface area contributed by atoms with Crippen LogP contribution in [0.3, 0.4) is 0 Å². The Kier molecular flexibility index (Phi) is 6.57. The topological polar surface area (TPSA) is 66.9 Å². The fourth-order valence-electron chi connectivity index (χ4n) is 3.36. The highest BCUT2D eigenvalue weighted by atomic mass is 35.5. The molecule has 1 saturated heterocycles. The highest BCUT2D eigenvalue weighted by Gasteiger charge is 2.30. The largest absolute Gasteiger partial charge is 0.466 e. The van der Waals surface area contributed by atoms with E-state index in [0.717, 1.165) is 22.9 Å². The van der Waals surface area contributed by atoms with E-state index >= 15 is 0 Å². The Bertz CT molecular complexity index is 897. The number of amides is 2. The van der Waals surface area contributed by atoms with Gasteiger partial charge in [0.1, 0.15) is 4.88 Å². The number of piperidine rings is 1. The molecule has 1 aromatic carbocycles. The lowest BCUT2D eigenvalue weighted by Gasteiger charge is -2.32. The van der Waals surface area contributed by atoms with Crippen molar-refractivity contribution in [3.05, 3.63) is 34.2 Å². The van der Waals surface area contributed by atoms with Gasteiger partial charge in [-0.15, -0.1) is 11.3 Å². The standard InChI is InChI=1S/C20H23ClN2O4S/c1-3-27-20(26)13-7-6-10-23(11-13)16(24)12-22(2)19(25)18-17(21)14-8-4-5-9-15(14)28-18/h4-5,8-9,13H,3,6-7,10-12H2,1-2H3. The average molecular weight is 423 g/mol. The van der Waals surface area contributed by atoms with Gasteiger partial charge in [-0.25, -0.2) is 0 Å². The molecule has 8 heteroatoms. The Morgan fingerprint density at radius 2 is 2.07 bits per heavy atom. The van der Waals surface area contributed by atoms with Gasteiger partial charge in [0.25, 0.3) is 5.91 Å². The second-order valence-electron chi connectivity index (χ2n) is 6.83. The molecule has 0 radical (unpaired) electrons. The summed E-state index contributed by atoms with van der Waals surface area (Å²) in [6, 6.07) is 7.56. The second-order valence-corrected chi connectivity index (χ2v) is 8.26. The molecule has 6 nitrogen and oxygen atoms in total. The molecule has 0 spiro atoms. The number of carbonyl (C=O) groups is 3. The first-order valence-electron chi connectivity index (χ1n) is 9.29. The Morgan fingerprint density at radius 3 is 2.79 bits per heavy atom. The number of nitrogens with zero attached hydrogens (tertiary/aromatic N) is 2. The molecule has 0 saturated carbocycles. The normalized spacial score (nSPS) is 16.8. The van der Waals surface area contributed by atoms with Crippen molar-refractivity contribution >= 4 is 50.8 Å². The smallest absolute Gasteiger partial charge is 0.310 e. The summed E-state index contributed by atoms with van der Waals surface area (Å²) in [5.41, 5.74) is 0. The molecule has 0 bridgehead atoms. The third-order valence-corrected chi connectivity index (χ3v) is 6.51. The summed E-state index contributed by atoms with van der Waals surface area (Å²) in [4.78, 5) is 40.9. The van der Waals surface area contributed by atoms with Crippen molar-refractivity contribution in [3.8, 4) is 0 Å². The minimum absolute atomic E-state index is 0.0566. The molecular weight excluding hydrogens is 400 g/mol. The number of likely N-dealkylation sites (tertiary alicyclic amines) is 1. The summed E-state index contributed by atoms with van der Waals surface area (Å²) < 4.78 is 6.01. The van der Waals surface area contributed by atoms with Gasteiger partial charge in [-0.2, -0.15) is 0 Å². The molecule has 1 unspecified atom stereocenters. The van der Waals surface area contributed by atoms with Gasteiger partial charge in [0.2, 0.25) is 5.91 Å². The van der Waals surface area contributed by atoms with Crippen molar-refractivity contribution in [2.24, 2.45) is 5.92 Å². The van der Waals surface area contributed by atoms with Crippen molar-refractivity contribution in [1.29, 1.82) is 0 Å². The Morgan fingerprint density at radius 1 is 1.32 bits per heavy atom. The minimum atomic E-state index is -0.296. The van der Waals surface area contributed by atoms with Crippen LogP contribution in [0.4, 0.5) is 0 Å². The average Bonchev–Trinajstić information content (AvgIpc) is 3.04. The monoisotopic (exact) mass is 422 g/mol. The number of rotatable bonds is 5. The number of likely N-dealkylation sites (N-methyl/N-ethyl adjacent to an activating group) is 1. The van der Waals surface area contributed by atoms with Crippen molar-refractivity contribution < 1.29 is 19.1 Å². The first kappa shape index (κ1) is 20.6. The molecule has 150 valence electrons. The fourth-order valence-corrected chi connectivity index (χ4v) is 4.86. The van der Waals surface area contributed by atoms with E-state index < -0.39 is 0 Å². The third kappa shape index (κ3) is 4.31. The number of thiophene rings is 1. The molecule has 2 heterocycles. The van der Waals surface area contributed by atoms with Crippen LogP contribution in [0, 0.1) is 5.92 Å². The van der Waals surface area contributed by atoms with Gasteiger partial charge in [0.05, 0.1) is 24.1 Å². The molecule has 1 aliphatic rings. The molecule has 1 atom stereocenters. The van der Waals surface area contributed by atoms with E-state index in [-0.39, 0.29) is 30.2 Å². The SMILES string of the molecule is CCOC(=O)C1CCCN(C(=O)CN(C)C(=O)c2sc3ccccc3c2Cl)C1. The molecule has 1 aromatic heterocycles. The van der Waals surface area contributed by atoms with Crippen LogP contribution in [-0.4, -0.2) is 60.9 Å². The maximum Gasteiger partial charge on any atom is 0.310 e. The molecule has 1 aliphatic heterocycles. The first-order valence-corrected chi connectivity index (χ1v) is 10.5. The van der Waals surface area contributed by atoms with Gasteiger partial charge in [0, 0.05) is 30.2 Å². The first-order chi connectivity index (χ1) is 13.4. The van der Waals surface area contributed by atoms with Crippen LogP contribution in [0.25, 0.3) is 10.1 Å². The second kappa shape index (κ2) is 8.92. The molecule has 1 fully saturated rings. The maximum atomic E-state index is 12.8. The Balaban J connectivity index is 1.65. The van der Waals surface area contributed by atoms with Crippen molar-refractivity contribution in [2.75, 3.05) is 33.3 Å². The van der Waals surface area contributed by atoms with Crippen LogP contribution >= 0.6 is 22.9 Å². The van der Waals surface area contributed by atoms with Crippen LogP contribution < -0.4 is 0 Å². The number of fused-ring (bicyclic) bond motifs is 1. The zero-order valence-corrected chi connectivity index (χ0v) is 17.5. The number of halogens is 1. The van der Waals surface area contributed by atoms with E-state index in [1.54, 1.807) is 18.9 Å². The van der Waals surface area contributed by atoms with Crippen LogP contribution in [0.5, 0.6) is 0 Å². The van der Waals surface area contributed by atoms with Gasteiger partial charge >= 0.3 is 5.97 Å². The molecular formula is C20H23ClN2O4S. The summed E-state index contributed by atoms with van der Waals surface area (Å²) in [7, 11) is 1.59. The number of hydrogen-bond acceptors (Lipinski definition) is 5. The molecule has 2 amide bonds. The van der Waals surface area contributed by atoms with E-state index in [4.69, 9.17) is 16.3 Å². The summed E-state index contributed by atoms with van der Waals surface area (Å²) in [6.07, 6.45) is 1.46. The molecule has 2 aromatic rings. The van der Waals surface area contributed by atoms with Crippen LogP contribution in [0.2, 0.25) is 5.02 Å². The lowest BCUT2D eigenvalue weighted by molar-refractivity contribution is -0.151. The molecule has 0 aliphatic carbocycles. The third-order valence-electron chi connectivity index (χ3n) is 4.84. The number of benzene rings is 1. The van der Waals surface area contributed by atoms with Crippen molar-refractivity contribution in [3.63, 3.8) is 0 Å². The Labute approximate surface area is 173 Å². The van der Waals surface area contributed by atoms with Gasteiger partial charge in [-0.1, -0.05) is 29.8 Å². The van der Waals surface area contributed by atoms with E-state index in [1.165, 1.54) is 16.2 Å². The lowest BCUT2D eigenvalue weighted by atomic mass is 9.98. The number of carbonyl (C=O) groups excluding carboxylic acids is 3. The van der Waals surface area contributed by atoms with Crippen LogP contribution in [-0.2, 0) is 14.3 Å². The van der Waals surface area contributed by atoms with E-state index in [1.807, 2.05) is 24.3 Å². The molecule has 28 heavy (non-hydrogen) atoms. The van der Waals surface area contributed by atoms with Crippen molar-refractivity contribution in [2.45, 2.75) is 19.8 Å². The zero-order valence-electron chi connectivity index (χ0n) is 15.9. The van der Waals surface area contributed by atoms with Gasteiger partial charge < -0.3 is 14.5 Å².